The number of phenolic OH excluding ortho intramolecular Hbond substituents is 1. The standard InChI is InChI=1S/C18H18O5/c1-3-22-18(21)15-9-14(12(2)19)16(20)10-17(15)23-11-13-7-5-4-6-8-13/h4-10,20H,3,11H2,1-2H3. The average molecular weight is 314 g/mol. The van der Waals surface area contributed by atoms with E-state index in [0.29, 0.717) is 0 Å². The van der Waals surface area contributed by atoms with E-state index in [-0.39, 0.29) is 41.6 Å². The van der Waals surface area contributed by atoms with Gasteiger partial charge in [0.15, 0.2) is 5.78 Å². The number of hydrogen-bond donors (Lipinski definition) is 1. The fourth-order valence-electron chi connectivity index (χ4n) is 2.07. The summed E-state index contributed by atoms with van der Waals surface area (Å²) in [5, 5.41) is 9.94. The molecular formula is C18H18O5. The van der Waals surface area contributed by atoms with E-state index in [0.717, 1.165) is 5.56 Å². The normalized spacial score (nSPS) is 10.2. The van der Waals surface area contributed by atoms with Crippen molar-refractivity contribution in [1.82, 2.24) is 0 Å². The lowest BCUT2D eigenvalue weighted by atomic mass is 10.1. The molecule has 0 unspecified atom stereocenters. The van der Waals surface area contributed by atoms with Gasteiger partial charge in [0.1, 0.15) is 23.7 Å². The smallest absolute Gasteiger partial charge is 0.341 e. The summed E-state index contributed by atoms with van der Waals surface area (Å²) >= 11 is 0. The Labute approximate surface area is 134 Å². The van der Waals surface area contributed by atoms with E-state index >= 15 is 0 Å². The maximum absolute atomic E-state index is 12.1. The van der Waals surface area contributed by atoms with Gasteiger partial charge in [-0.2, -0.15) is 0 Å². The van der Waals surface area contributed by atoms with Crippen LogP contribution in [0.2, 0.25) is 0 Å². The van der Waals surface area contributed by atoms with Crippen molar-refractivity contribution >= 4 is 11.8 Å². The molecule has 0 heterocycles. The molecule has 0 aliphatic carbocycles. The van der Waals surface area contributed by atoms with E-state index in [1.165, 1.54) is 19.1 Å². The monoisotopic (exact) mass is 314 g/mol. The van der Waals surface area contributed by atoms with Gasteiger partial charge in [0.25, 0.3) is 0 Å². The number of ketones is 1. The van der Waals surface area contributed by atoms with Gasteiger partial charge in [0.05, 0.1) is 12.2 Å². The van der Waals surface area contributed by atoms with Gasteiger partial charge >= 0.3 is 5.97 Å². The SMILES string of the molecule is CCOC(=O)c1cc(C(C)=O)c(O)cc1OCc1ccccc1. The molecule has 0 amide bonds. The molecule has 0 fully saturated rings. The second kappa shape index (κ2) is 7.45. The van der Waals surface area contributed by atoms with Crippen LogP contribution >= 0.6 is 0 Å². The Kier molecular flexibility index (Phi) is 5.36. The molecule has 5 heteroatoms. The highest BCUT2D eigenvalue weighted by Gasteiger charge is 2.19. The zero-order valence-corrected chi connectivity index (χ0v) is 13.0. The second-order valence-electron chi connectivity index (χ2n) is 4.92. The van der Waals surface area contributed by atoms with Crippen molar-refractivity contribution in [3.8, 4) is 11.5 Å². The first-order chi connectivity index (χ1) is 11.0. The molecule has 2 rings (SSSR count). The van der Waals surface area contributed by atoms with Gasteiger partial charge < -0.3 is 14.6 Å². The molecule has 23 heavy (non-hydrogen) atoms. The molecule has 0 saturated carbocycles. The summed E-state index contributed by atoms with van der Waals surface area (Å²) in [6.07, 6.45) is 0. The molecule has 0 bridgehead atoms. The lowest BCUT2D eigenvalue weighted by Crippen LogP contribution is -2.10. The van der Waals surface area contributed by atoms with Crippen LogP contribution in [0.4, 0.5) is 0 Å². The summed E-state index contributed by atoms with van der Waals surface area (Å²) in [5.41, 5.74) is 1.09. The minimum atomic E-state index is -0.599. The Morgan fingerprint density at radius 3 is 2.39 bits per heavy atom. The minimum Gasteiger partial charge on any atom is -0.507 e. The van der Waals surface area contributed by atoms with E-state index in [2.05, 4.69) is 0 Å². The first kappa shape index (κ1) is 16.5. The van der Waals surface area contributed by atoms with Crippen LogP contribution in [0.1, 0.15) is 40.1 Å². The van der Waals surface area contributed by atoms with Crippen LogP contribution in [0.25, 0.3) is 0 Å². The van der Waals surface area contributed by atoms with Gasteiger partial charge in [0.2, 0.25) is 0 Å². The number of Topliss-reactive ketones (excluding diaryl/α,β-unsaturated/α-hetero) is 1. The summed E-state index contributed by atoms with van der Waals surface area (Å²) in [6, 6.07) is 12.0. The van der Waals surface area contributed by atoms with Crippen molar-refractivity contribution in [3.63, 3.8) is 0 Å². The number of esters is 1. The number of hydrogen-bond acceptors (Lipinski definition) is 5. The summed E-state index contributed by atoms with van der Waals surface area (Å²) in [4.78, 5) is 23.6. The minimum absolute atomic E-state index is 0.0557. The third-order valence-electron chi connectivity index (χ3n) is 3.21. The number of rotatable bonds is 6. The van der Waals surface area contributed by atoms with Crippen molar-refractivity contribution < 1.29 is 24.2 Å². The molecule has 0 aromatic heterocycles. The van der Waals surface area contributed by atoms with Crippen LogP contribution in [0, 0.1) is 0 Å². The molecule has 5 nitrogen and oxygen atoms in total. The Morgan fingerprint density at radius 2 is 1.78 bits per heavy atom. The molecule has 120 valence electrons. The van der Waals surface area contributed by atoms with Crippen molar-refractivity contribution in [3.05, 3.63) is 59.2 Å². The van der Waals surface area contributed by atoms with E-state index in [1.807, 2.05) is 30.3 Å². The number of carbonyl (C=O) groups is 2. The summed E-state index contributed by atoms with van der Waals surface area (Å²) in [6.45, 7) is 3.43. The molecule has 2 aromatic rings. The summed E-state index contributed by atoms with van der Waals surface area (Å²) < 4.78 is 10.6. The first-order valence-electron chi connectivity index (χ1n) is 7.24. The van der Waals surface area contributed by atoms with Gasteiger partial charge in [0, 0.05) is 6.07 Å². The van der Waals surface area contributed by atoms with Gasteiger partial charge in [-0.25, -0.2) is 4.79 Å². The third kappa shape index (κ3) is 4.10. The highest BCUT2D eigenvalue weighted by Crippen LogP contribution is 2.30. The molecule has 1 N–H and O–H groups in total. The third-order valence-corrected chi connectivity index (χ3v) is 3.21. The van der Waals surface area contributed by atoms with Crippen molar-refractivity contribution in [1.29, 1.82) is 0 Å². The van der Waals surface area contributed by atoms with E-state index in [1.54, 1.807) is 6.92 Å². The topological polar surface area (TPSA) is 72.8 Å². The maximum Gasteiger partial charge on any atom is 0.341 e. The van der Waals surface area contributed by atoms with Gasteiger partial charge in [-0.05, 0) is 25.5 Å². The summed E-state index contributed by atoms with van der Waals surface area (Å²) in [5.74, 6) is -0.996. The number of ether oxygens (including phenoxy) is 2. The fourth-order valence-corrected chi connectivity index (χ4v) is 2.07. The van der Waals surface area contributed by atoms with Crippen LogP contribution in [0.3, 0.4) is 0 Å². The fraction of sp³-hybridized carbons (Fsp3) is 0.222. The van der Waals surface area contributed by atoms with Gasteiger partial charge in [-0.3, -0.25) is 4.79 Å². The Balaban J connectivity index is 2.34. The van der Waals surface area contributed by atoms with Gasteiger partial charge in [-0.15, -0.1) is 0 Å². The predicted molar refractivity (Wildman–Crippen MR) is 84.8 cm³/mol. The van der Waals surface area contributed by atoms with Crippen LogP contribution < -0.4 is 4.74 Å². The van der Waals surface area contributed by atoms with Crippen LogP contribution in [-0.2, 0) is 11.3 Å². The lowest BCUT2D eigenvalue weighted by Gasteiger charge is -2.13. The van der Waals surface area contributed by atoms with Crippen LogP contribution in [0.15, 0.2) is 42.5 Å². The largest absolute Gasteiger partial charge is 0.507 e. The van der Waals surface area contributed by atoms with Crippen molar-refractivity contribution in [2.24, 2.45) is 0 Å². The molecule has 0 radical (unpaired) electrons. The molecule has 0 aliphatic rings. The number of benzene rings is 2. The first-order valence-corrected chi connectivity index (χ1v) is 7.24. The molecular weight excluding hydrogens is 296 g/mol. The summed E-state index contributed by atoms with van der Waals surface area (Å²) in [7, 11) is 0. The molecule has 2 aromatic carbocycles. The zero-order chi connectivity index (χ0) is 16.8. The lowest BCUT2D eigenvalue weighted by molar-refractivity contribution is 0.0521. The van der Waals surface area contributed by atoms with Crippen LogP contribution in [0.5, 0.6) is 11.5 Å². The van der Waals surface area contributed by atoms with E-state index < -0.39 is 5.97 Å². The van der Waals surface area contributed by atoms with Gasteiger partial charge in [-0.1, -0.05) is 30.3 Å². The molecule has 0 aliphatic heterocycles. The molecule has 0 atom stereocenters. The van der Waals surface area contributed by atoms with Crippen molar-refractivity contribution in [2.75, 3.05) is 6.61 Å². The highest BCUT2D eigenvalue weighted by molar-refractivity contribution is 6.01. The maximum atomic E-state index is 12.1. The van der Waals surface area contributed by atoms with E-state index in [9.17, 15) is 14.7 Å². The van der Waals surface area contributed by atoms with Crippen molar-refractivity contribution in [2.45, 2.75) is 20.5 Å². The van der Waals surface area contributed by atoms with Crippen LogP contribution in [-0.4, -0.2) is 23.5 Å². The Bertz CT molecular complexity index is 707. The number of carbonyl (C=O) groups excluding carboxylic acids is 2. The Hall–Kier alpha value is -2.82. The second-order valence-corrected chi connectivity index (χ2v) is 4.92. The quantitative estimate of drug-likeness (QED) is 0.654. The zero-order valence-electron chi connectivity index (χ0n) is 13.0. The molecule has 0 spiro atoms. The molecule has 0 saturated heterocycles. The Morgan fingerprint density at radius 1 is 1.09 bits per heavy atom. The highest BCUT2D eigenvalue weighted by atomic mass is 16.5. The predicted octanol–water partition coefficient (Wildman–Crippen LogP) is 3.35. The van der Waals surface area contributed by atoms with E-state index in [4.69, 9.17) is 9.47 Å². The average Bonchev–Trinajstić information content (AvgIpc) is 2.53. The number of aromatic hydroxyl groups is 1. The number of phenols is 1.